The highest BCUT2D eigenvalue weighted by molar-refractivity contribution is 6.23. The Kier molecular flexibility index (Phi) is 3.13. The van der Waals surface area contributed by atoms with Crippen molar-refractivity contribution in [2.45, 2.75) is 18.6 Å². The second-order valence-corrected chi connectivity index (χ2v) is 6.16. The summed E-state index contributed by atoms with van der Waals surface area (Å²) in [6.45, 7) is 0.944. The zero-order valence-electron chi connectivity index (χ0n) is 12.8. The zero-order chi connectivity index (χ0) is 17.1. The second-order valence-electron chi connectivity index (χ2n) is 6.16. The highest BCUT2D eigenvalue weighted by Gasteiger charge is 2.67. The highest BCUT2D eigenvalue weighted by Crippen LogP contribution is 2.52. The van der Waals surface area contributed by atoms with Crippen LogP contribution in [0, 0.1) is 11.8 Å². The molecular formula is C17H15NO6. The number of carbonyl (C=O) groups excluding carboxylic acids is 3. The van der Waals surface area contributed by atoms with E-state index in [1.165, 1.54) is 19.1 Å². The predicted molar refractivity (Wildman–Crippen MR) is 81.1 cm³/mol. The van der Waals surface area contributed by atoms with Gasteiger partial charge in [0.15, 0.2) is 0 Å². The molecule has 2 saturated heterocycles. The summed E-state index contributed by atoms with van der Waals surface area (Å²) in [7, 11) is 0. The first kappa shape index (κ1) is 15.0. The number of imide groups is 1. The molecular weight excluding hydrogens is 314 g/mol. The van der Waals surface area contributed by atoms with E-state index in [0.29, 0.717) is 11.4 Å². The maximum absolute atomic E-state index is 12.8. The normalized spacial score (nSPS) is 33.2. The first-order chi connectivity index (χ1) is 11.5. The van der Waals surface area contributed by atoms with Crippen molar-refractivity contribution in [1.82, 2.24) is 0 Å². The van der Waals surface area contributed by atoms with Gasteiger partial charge in [-0.25, -0.2) is 4.90 Å². The van der Waals surface area contributed by atoms with Crippen molar-refractivity contribution < 1.29 is 29.0 Å². The minimum Gasteiger partial charge on any atom is -0.427 e. The average molecular weight is 329 g/mol. The molecule has 0 saturated carbocycles. The maximum Gasteiger partial charge on any atom is 0.308 e. The monoisotopic (exact) mass is 329 g/mol. The number of nitrogens with zero attached hydrogens (tertiary/aromatic N) is 1. The molecule has 3 aliphatic heterocycles. The van der Waals surface area contributed by atoms with Gasteiger partial charge in [0.05, 0.1) is 30.2 Å². The fourth-order valence-corrected chi connectivity index (χ4v) is 3.77. The lowest BCUT2D eigenvalue weighted by Gasteiger charge is -2.26. The molecule has 4 rings (SSSR count). The van der Waals surface area contributed by atoms with E-state index in [0.717, 1.165) is 4.90 Å². The van der Waals surface area contributed by atoms with Crippen LogP contribution in [0.2, 0.25) is 0 Å². The summed E-state index contributed by atoms with van der Waals surface area (Å²) in [4.78, 5) is 37.6. The SMILES string of the molecule is CC(=O)Oc1ccc(N2C(=O)[C@@H]3[C@@H]4C=C[C@](CO)(O4)[C@@H]3C2=O)cc1. The summed E-state index contributed by atoms with van der Waals surface area (Å²) >= 11 is 0. The molecule has 2 bridgehead atoms. The number of benzene rings is 1. The summed E-state index contributed by atoms with van der Waals surface area (Å²) in [6, 6.07) is 6.15. The number of rotatable bonds is 3. The number of hydrogen-bond donors (Lipinski definition) is 1. The van der Waals surface area contributed by atoms with Gasteiger partial charge < -0.3 is 14.6 Å². The van der Waals surface area contributed by atoms with E-state index in [2.05, 4.69) is 0 Å². The molecule has 3 aliphatic rings. The molecule has 3 heterocycles. The van der Waals surface area contributed by atoms with Gasteiger partial charge in [0.25, 0.3) is 0 Å². The van der Waals surface area contributed by atoms with Crippen LogP contribution in [0.3, 0.4) is 0 Å². The smallest absolute Gasteiger partial charge is 0.308 e. The van der Waals surface area contributed by atoms with E-state index < -0.39 is 29.5 Å². The van der Waals surface area contributed by atoms with Crippen LogP contribution in [0.1, 0.15) is 6.92 Å². The molecule has 0 unspecified atom stereocenters. The molecule has 7 heteroatoms. The topological polar surface area (TPSA) is 93.1 Å². The fraction of sp³-hybridized carbons (Fsp3) is 0.353. The Morgan fingerprint density at radius 1 is 1.29 bits per heavy atom. The van der Waals surface area contributed by atoms with Crippen LogP contribution in [0.4, 0.5) is 5.69 Å². The van der Waals surface area contributed by atoms with Crippen LogP contribution in [-0.4, -0.2) is 41.2 Å². The lowest BCUT2D eigenvalue weighted by atomic mass is 9.77. The van der Waals surface area contributed by atoms with Crippen LogP contribution in [0.15, 0.2) is 36.4 Å². The Hall–Kier alpha value is -2.51. The van der Waals surface area contributed by atoms with Crippen LogP contribution in [-0.2, 0) is 19.1 Å². The van der Waals surface area contributed by atoms with Gasteiger partial charge in [-0.2, -0.15) is 0 Å². The highest BCUT2D eigenvalue weighted by atomic mass is 16.5. The van der Waals surface area contributed by atoms with Gasteiger partial charge >= 0.3 is 5.97 Å². The van der Waals surface area contributed by atoms with E-state index in [9.17, 15) is 19.5 Å². The summed E-state index contributed by atoms with van der Waals surface area (Å²) < 4.78 is 10.6. The van der Waals surface area contributed by atoms with Gasteiger partial charge in [-0.3, -0.25) is 14.4 Å². The molecule has 0 spiro atoms. The van der Waals surface area contributed by atoms with Crippen molar-refractivity contribution in [3.63, 3.8) is 0 Å². The molecule has 2 amide bonds. The molecule has 0 aliphatic carbocycles. The number of hydrogen-bond acceptors (Lipinski definition) is 6. The van der Waals surface area contributed by atoms with E-state index in [1.54, 1.807) is 24.3 Å². The summed E-state index contributed by atoms with van der Waals surface area (Å²) in [5.74, 6) is -2.15. The van der Waals surface area contributed by atoms with Crippen LogP contribution >= 0.6 is 0 Å². The minimum atomic E-state index is -1.10. The van der Waals surface area contributed by atoms with Gasteiger partial charge in [0.2, 0.25) is 11.8 Å². The van der Waals surface area contributed by atoms with Crippen LogP contribution in [0.5, 0.6) is 5.75 Å². The Balaban J connectivity index is 1.65. The summed E-state index contributed by atoms with van der Waals surface area (Å²) in [6.07, 6.45) is 2.93. The maximum atomic E-state index is 12.8. The quantitative estimate of drug-likeness (QED) is 0.374. The fourth-order valence-electron chi connectivity index (χ4n) is 3.77. The van der Waals surface area contributed by atoms with Crippen molar-refractivity contribution in [2.24, 2.45) is 11.8 Å². The first-order valence-electron chi connectivity index (χ1n) is 7.61. The molecule has 1 aromatic rings. The standard InChI is InChI=1S/C17H15NO6/c1-9(20)23-11-4-2-10(3-5-11)18-15(21)13-12-6-7-17(8-19,24-12)14(13)16(18)22/h2-7,12-14,19H,8H2,1H3/t12-,13+,14-,17+/m0/s1. The van der Waals surface area contributed by atoms with Crippen molar-refractivity contribution >= 4 is 23.5 Å². The Labute approximate surface area is 137 Å². The number of aliphatic hydroxyl groups is 1. The molecule has 124 valence electrons. The van der Waals surface area contributed by atoms with Gasteiger partial charge in [-0.15, -0.1) is 0 Å². The molecule has 1 N–H and O–H groups in total. The van der Waals surface area contributed by atoms with Crippen molar-refractivity contribution in [2.75, 3.05) is 11.5 Å². The lowest BCUT2D eigenvalue weighted by Crippen LogP contribution is -2.43. The van der Waals surface area contributed by atoms with Gasteiger partial charge in [0.1, 0.15) is 11.4 Å². The van der Waals surface area contributed by atoms with Gasteiger partial charge in [-0.05, 0) is 24.3 Å². The number of ether oxygens (including phenoxy) is 2. The van der Waals surface area contributed by atoms with E-state index >= 15 is 0 Å². The average Bonchev–Trinajstić information content (AvgIpc) is 3.19. The number of anilines is 1. The van der Waals surface area contributed by atoms with Crippen molar-refractivity contribution in [3.05, 3.63) is 36.4 Å². The van der Waals surface area contributed by atoms with Crippen molar-refractivity contribution in [3.8, 4) is 5.75 Å². The van der Waals surface area contributed by atoms with Gasteiger partial charge in [-0.1, -0.05) is 12.2 Å². The second kappa shape index (κ2) is 4.99. The predicted octanol–water partition coefficient (Wildman–Crippen LogP) is 0.417. The third-order valence-corrected chi connectivity index (χ3v) is 4.76. The van der Waals surface area contributed by atoms with Crippen molar-refractivity contribution in [1.29, 1.82) is 0 Å². The van der Waals surface area contributed by atoms with E-state index in [-0.39, 0.29) is 18.4 Å². The first-order valence-corrected chi connectivity index (χ1v) is 7.61. The lowest BCUT2D eigenvalue weighted by molar-refractivity contribution is -0.132. The number of esters is 1. The summed E-state index contributed by atoms with van der Waals surface area (Å²) in [5.41, 5.74) is -0.697. The minimum absolute atomic E-state index is 0.336. The molecule has 0 aromatic heterocycles. The van der Waals surface area contributed by atoms with E-state index in [1.807, 2.05) is 0 Å². The number of fused-ring (bicyclic) bond motifs is 5. The number of carbonyl (C=O) groups is 3. The third kappa shape index (κ3) is 1.88. The molecule has 0 radical (unpaired) electrons. The summed E-state index contributed by atoms with van der Waals surface area (Å²) in [5, 5.41) is 9.66. The Morgan fingerprint density at radius 3 is 2.62 bits per heavy atom. The van der Waals surface area contributed by atoms with Gasteiger partial charge in [0, 0.05) is 6.92 Å². The van der Waals surface area contributed by atoms with E-state index in [4.69, 9.17) is 9.47 Å². The number of amides is 2. The largest absolute Gasteiger partial charge is 0.427 e. The van der Waals surface area contributed by atoms with Crippen LogP contribution in [0.25, 0.3) is 0 Å². The number of aliphatic hydroxyl groups excluding tert-OH is 1. The zero-order valence-corrected chi connectivity index (χ0v) is 12.8. The van der Waals surface area contributed by atoms with Crippen LogP contribution < -0.4 is 9.64 Å². The third-order valence-electron chi connectivity index (χ3n) is 4.76. The molecule has 1 aromatic carbocycles. The molecule has 2 fully saturated rings. The molecule has 4 atom stereocenters. The molecule has 24 heavy (non-hydrogen) atoms. The molecule has 7 nitrogen and oxygen atoms in total. The Bertz CT molecular complexity index is 770. The Morgan fingerprint density at radius 2 is 2.00 bits per heavy atom.